The fourth-order valence-electron chi connectivity index (χ4n) is 0.583. The van der Waals surface area contributed by atoms with Crippen LogP contribution in [-0.4, -0.2) is 23.9 Å². The third kappa shape index (κ3) is 2.56. The molecule has 0 aliphatic carbocycles. The lowest BCUT2D eigenvalue weighted by atomic mass is 10.6. The zero-order chi connectivity index (χ0) is 6.41. The Labute approximate surface area is 51.3 Å². The van der Waals surface area contributed by atoms with E-state index in [-0.39, 0.29) is 0 Å². The topological polar surface area (TPSA) is 3.01 Å². The van der Waals surface area contributed by atoms with Crippen LogP contribution >= 0.6 is 0 Å². The Balaban J connectivity index is 3.66. The van der Waals surface area contributed by atoms with E-state index in [4.69, 9.17) is 0 Å². The smallest absolute Gasteiger partial charge is 0.162 e. The minimum absolute atomic E-state index is 1.07. The van der Waals surface area contributed by atoms with Crippen molar-refractivity contribution in [2.24, 2.45) is 0 Å². The molecular formula is C7H14N+. The molecule has 0 spiro atoms. The first kappa shape index (κ1) is 7.41. The van der Waals surface area contributed by atoms with Crippen molar-refractivity contribution in [2.45, 2.75) is 13.8 Å². The fraction of sp³-hybridized carbons (Fsp3) is 0.571. The second kappa shape index (κ2) is 4.57. The van der Waals surface area contributed by atoms with Crippen molar-refractivity contribution < 1.29 is 4.58 Å². The van der Waals surface area contributed by atoms with E-state index in [1.165, 1.54) is 0 Å². The number of nitrogens with zero attached hydrogens (tertiary/aromatic N) is 1. The largest absolute Gasteiger partial charge is 0.237 e. The van der Waals surface area contributed by atoms with Gasteiger partial charge in [0.1, 0.15) is 13.1 Å². The van der Waals surface area contributed by atoms with Crippen LogP contribution in [0.3, 0.4) is 0 Å². The molecule has 0 unspecified atom stereocenters. The molecule has 46 valence electrons. The van der Waals surface area contributed by atoms with Crippen LogP contribution in [-0.2, 0) is 0 Å². The van der Waals surface area contributed by atoms with Gasteiger partial charge in [0.15, 0.2) is 6.21 Å². The van der Waals surface area contributed by atoms with Gasteiger partial charge >= 0.3 is 0 Å². The summed E-state index contributed by atoms with van der Waals surface area (Å²) < 4.78 is 2.19. The van der Waals surface area contributed by atoms with E-state index in [9.17, 15) is 0 Å². The van der Waals surface area contributed by atoms with Gasteiger partial charge in [0.25, 0.3) is 0 Å². The number of hydrogen-bond donors (Lipinski definition) is 0. The van der Waals surface area contributed by atoms with E-state index in [1.54, 1.807) is 0 Å². The zero-order valence-corrected chi connectivity index (χ0v) is 5.72. The molecule has 0 saturated heterocycles. The van der Waals surface area contributed by atoms with Crippen LogP contribution < -0.4 is 0 Å². The van der Waals surface area contributed by atoms with E-state index in [1.807, 2.05) is 12.3 Å². The van der Waals surface area contributed by atoms with Crippen molar-refractivity contribution in [3.63, 3.8) is 0 Å². The molecule has 0 bridgehead atoms. The van der Waals surface area contributed by atoms with Crippen molar-refractivity contribution >= 4 is 6.21 Å². The van der Waals surface area contributed by atoms with E-state index in [0.29, 0.717) is 0 Å². The molecule has 0 aromatic heterocycles. The van der Waals surface area contributed by atoms with Gasteiger partial charge in [0.05, 0.1) is 0 Å². The van der Waals surface area contributed by atoms with Crippen LogP contribution in [0.2, 0.25) is 0 Å². The van der Waals surface area contributed by atoms with Crippen LogP contribution in [0, 0.1) is 0 Å². The third-order valence-electron chi connectivity index (χ3n) is 1.13. The highest BCUT2D eigenvalue weighted by molar-refractivity contribution is 5.64. The number of hydrogen-bond acceptors (Lipinski definition) is 0. The van der Waals surface area contributed by atoms with E-state index in [2.05, 4.69) is 25.0 Å². The maximum absolute atomic E-state index is 3.60. The lowest BCUT2D eigenvalue weighted by Gasteiger charge is -1.90. The predicted molar refractivity (Wildman–Crippen MR) is 37.6 cm³/mol. The van der Waals surface area contributed by atoms with Gasteiger partial charge in [0.2, 0.25) is 0 Å². The summed E-state index contributed by atoms with van der Waals surface area (Å²) in [6.07, 6.45) is 3.81. The van der Waals surface area contributed by atoms with Crippen LogP contribution in [0.1, 0.15) is 13.8 Å². The maximum atomic E-state index is 3.60. The fourth-order valence-corrected chi connectivity index (χ4v) is 0.583. The SMILES string of the molecule is C=CC=[N+](CC)CC. The summed E-state index contributed by atoms with van der Waals surface area (Å²) >= 11 is 0. The van der Waals surface area contributed by atoms with E-state index in [0.717, 1.165) is 13.1 Å². The Kier molecular flexibility index (Phi) is 4.23. The summed E-state index contributed by atoms with van der Waals surface area (Å²) in [6, 6.07) is 0. The third-order valence-corrected chi connectivity index (χ3v) is 1.13. The molecule has 0 fully saturated rings. The van der Waals surface area contributed by atoms with Crippen molar-refractivity contribution in [1.82, 2.24) is 0 Å². The van der Waals surface area contributed by atoms with Gasteiger partial charge in [0, 0.05) is 0 Å². The Morgan fingerprint density at radius 2 is 1.88 bits per heavy atom. The summed E-state index contributed by atoms with van der Waals surface area (Å²) in [7, 11) is 0. The quantitative estimate of drug-likeness (QED) is 0.382. The lowest BCUT2D eigenvalue weighted by molar-refractivity contribution is -0.515. The molecule has 0 heterocycles. The van der Waals surface area contributed by atoms with Crippen molar-refractivity contribution in [3.8, 4) is 0 Å². The number of allylic oxidation sites excluding steroid dienone is 1. The molecule has 0 rings (SSSR count). The van der Waals surface area contributed by atoms with Gasteiger partial charge in [-0.1, -0.05) is 6.58 Å². The first-order valence-electron chi connectivity index (χ1n) is 3.05. The number of rotatable bonds is 3. The summed E-state index contributed by atoms with van der Waals surface area (Å²) in [5, 5.41) is 0. The Morgan fingerprint density at radius 1 is 1.38 bits per heavy atom. The molecule has 0 aliphatic rings. The second-order valence-corrected chi connectivity index (χ2v) is 1.61. The van der Waals surface area contributed by atoms with Gasteiger partial charge in [-0.25, -0.2) is 4.58 Å². The second-order valence-electron chi connectivity index (χ2n) is 1.61. The van der Waals surface area contributed by atoms with E-state index >= 15 is 0 Å². The highest BCUT2D eigenvalue weighted by atomic mass is 15.0. The zero-order valence-electron chi connectivity index (χ0n) is 5.72. The van der Waals surface area contributed by atoms with Crippen molar-refractivity contribution in [3.05, 3.63) is 12.7 Å². The Bertz CT molecular complexity index is 86.6. The molecular weight excluding hydrogens is 98.1 g/mol. The summed E-state index contributed by atoms with van der Waals surface area (Å²) in [6.45, 7) is 10.0. The Hall–Kier alpha value is -0.590. The van der Waals surface area contributed by atoms with Crippen molar-refractivity contribution in [1.29, 1.82) is 0 Å². The molecule has 0 N–H and O–H groups in total. The highest BCUT2D eigenvalue weighted by Gasteiger charge is 1.88. The average Bonchev–Trinajstić information content (AvgIpc) is 1.83. The van der Waals surface area contributed by atoms with Crippen LogP contribution in [0.25, 0.3) is 0 Å². The van der Waals surface area contributed by atoms with Crippen LogP contribution in [0.4, 0.5) is 0 Å². The first-order valence-corrected chi connectivity index (χ1v) is 3.05. The van der Waals surface area contributed by atoms with Gasteiger partial charge < -0.3 is 0 Å². The normalized spacial score (nSPS) is 8.25. The monoisotopic (exact) mass is 112 g/mol. The highest BCUT2D eigenvalue weighted by Crippen LogP contribution is 1.70. The van der Waals surface area contributed by atoms with Gasteiger partial charge in [-0.15, -0.1) is 0 Å². The molecule has 0 radical (unpaired) electrons. The molecule has 0 aromatic carbocycles. The summed E-state index contributed by atoms with van der Waals surface area (Å²) in [5.74, 6) is 0. The van der Waals surface area contributed by atoms with Gasteiger partial charge in [-0.3, -0.25) is 0 Å². The average molecular weight is 112 g/mol. The van der Waals surface area contributed by atoms with Gasteiger partial charge in [-0.05, 0) is 19.9 Å². The summed E-state index contributed by atoms with van der Waals surface area (Å²) in [4.78, 5) is 0. The molecule has 1 nitrogen and oxygen atoms in total. The van der Waals surface area contributed by atoms with Crippen molar-refractivity contribution in [2.75, 3.05) is 13.1 Å². The Morgan fingerprint density at radius 3 is 2.00 bits per heavy atom. The van der Waals surface area contributed by atoms with Crippen LogP contribution in [0.5, 0.6) is 0 Å². The standard InChI is InChI=1S/C7H14N/c1-4-7-8(5-2)6-3/h4,7H,1,5-6H2,2-3H3/q+1. The first-order chi connectivity index (χ1) is 3.85. The molecule has 0 amide bonds. The minimum atomic E-state index is 1.07. The molecule has 8 heavy (non-hydrogen) atoms. The lowest BCUT2D eigenvalue weighted by Crippen LogP contribution is -2.10. The minimum Gasteiger partial charge on any atom is -0.237 e. The predicted octanol–water partition coefficient (Wildman–Crippen LogP) is 1.30. The molecule has 0 aromatic rings. The maximum Gasteiger partial charge on any atom is 0.162 e. The summed E-state index contributed by atoms with van der Waals surface area (Å²) in [5.41, 5.74) is 0. The molecule has 0 atom stereocenters. The van der Waals surface area contributed by atoms with E-state index < -0.39 is 0 Å². The molecule has 0 saturated carbocycles. The van der Waals surface area contributed by atoms with Gasteiger partial charge in [-0.2, -0.15) is 0 Å². The van der Waals surface area contributed by atoms with Crippen LogP contribution in [0.15, 0.2) is 12.7 Å². The molecule has 0 aliphatic heterocycles. The molecule has 1 heteroatoms.